The van der Waals surface area contributed by atoms with Crippen LogP contribution < -0.4 is 16.6 Å². The first kappa shape index (κ1) is 12.2. The van der Waals surface area contributed by atoms with Crippen molar-refractivity contribution in [3.05, 3.63) is 36.0 Å². The molecule has 0 aliphatic carbocycles. The number of carboxylic acid groups (broad SMARTS) is 1. The van der Waals surface area contributed by atoms with Crippen molar-refractivity contribution in [3.8, 4) is 0 Å². The number of nitrogens with two attached hydrogens (primary N) is 1. The van der Waals surface area contributed by atoms with Crippen molar-refractivity contribution in [3.63, 3.8) is 0 Å². The average molecular weight is 260 g/mol. The maximum Gasteiger partial charge on any atom is 0.311 e. The lowest BCUT2D eigenvalue weighted by Crippen LogP contribution is -2.41. The normalized spacial score (nSPS) is 26.9. The Kier molecular flexibility index (Phi) is 2.78. The van der Waals surface area contributed by atoms with Gasteiger partial charge >= 0.3 is 5.97 Å². The summed E-state index contributed by atoms with van der Waals surface area (Å²) in [6.07, 6.45) is 1.36. The lowest BCUT2D eigenvalue weighted by molar-refractivity contribution is -0.142. The molecule has 0 bridgehead atoms. The third kappa shape index (κ3) is 1.81. The van der Waals surface area contributed by atoms with Gasteiger partial charge in [-0.2, -0.15) is 0 Å². The van der Waals surface area contributed by atoms with Crippen molar-refractivity contribution in [1.29, 1.82) is 0 Å². The Bertz CT molecular complexity index is 637. The zero-order valence-corrected chi connectivity index (χ0v) is 10.5. The number of rotatable bonds is 2. The Morgan fingerprint density at radius 3 is 2.84 bits per heavy atom. The van der Waals surface area contributed by atoms with Crippen LogP contribution in [0.3, 0.4) is 0 Å². The van der Waals surface area contributed by atoms with Crippen LogP contribution in [0.15, 0.2) is 30.5 Å². The fourth-order valence-corrected chi connectivity index (χ4v) is 2.76. The van der Waals surface area contributed by atoms with Crippen LogP contribution in [-0.2, 0) is 11.8 Å². The summed E-state index contributed by atoms with van der Waals surface area (Å²) in [6.45, 7) is 0. The molecule has 100 valence electrons. The van der Waals surface area contributed by atoms with Crippen LogP contribution >= 0.6 is 0 Å². The topological polar surface area (TPSA) is 92.3 Å². The number of carboxylic acids is 1. The van der Waals surface area contributed by atoms with Gasteiger partial charge in [0, 0.05) is 24.1 Å². The molecule has 1 fully saturated rings. The van der Waals surface area contributed by atoms with Gasteiger partial charge in [0.15, 0.2) is 0 Å². The Morgan fingerprint density at radius 2 is 2.11 bits per heavy atom. The number of aliphatic carboxylic acids is 1. The highest BCUT2D eigenvalue weighted by Gasteiger charge is 2.41. The number of hydrogen-bond acceptors (Lipinski definition) is 4. The first-order chi connectivity index (χ1) is 9.09. The zero-order chi connectivity index (χ0) is 13.6. The van der Waals surface area contributed by atoms with Crippen LogP contribution in [0, 0.1) is 5.92 Å². The molecule has 1 aliphatic heterocycles. The molecule has 6 heteroatoms. The quantitative estimate of drug-likeness (QED) is 0.624. The summed E-state index contributed by atoms with van der Waals surface area (Å²) in [5.74, 6) is -1.59. The fraction of sp³-hybridized carbons (Fsp3) is 0.308. The molecule has 3 unspecified atom stereocenters. The van der Waals surface area contributed by atoms with Crippen molar-refractivity contribution in [2.45, 2.75) is 12.2 Å². The second-order valence-corrected chi connectivity index (χ2v) is 4.87. The van der Waals surface area contributed by atoms with E-state index < -0.39 is 18.1 Å². The van der Waals surface area contributed by atoms with Crippen LogP contribution in [0.5, 0.6) is 0 Å². The van der Waals surface area contributed by atoms with Gasteiger partial charge in [-0.25, -0.2) is 10.9 Å². The number of carbonyl (C=O) groups is 1. The number of nitrogens with zero attached hydrogens (tertiary/aromatic N) is 1. The van der Waals surface area contributed by atoms with Crippen molar-refractivity contribution in [2.75, 3.05) is 0 Å². The molecule has 0 amide bonds. The predicted octanol–water partition coefficient (Wildman–Crippen LogP) is 0.313. The largest absolute Gasteiger partial charge is 0.481 e. The molecule has 0 saturated carbocycles. The first-order valence-corrected chi connectivity index (χ1v) is 6.13. The molecule has 5 N–H and O–H groups in total. The number of hydrogen-bond donors (Lipinski definition) is 4. The van der Waals surface area contributed by atoms with E-state index in [0.717, 1.165) is 16.5 Å². The summed E-state index contributed by atoms with van der Waals surface area (Å²) in [6, 6.07) is 7.58. The zero-order valence-electron chi connectivity index (χ0n) is 10.5. The van der Waals surface area contributed by atoms with Crippen molar-refractivity contribution < 1.29 is 9.90 Å². The van der Waals surface area contributed by atoms with Crippen LogP contribution in [0.1, 0.15) is 11.6 Å². The number of benzene rings is 1. The van der Waals surface area contributed by atoms with Gasteiger partial charge in [-0.1, -0.05) is 18.2 Å². The molecule has 2 heterocycles. The van der Waals surface area contributed by atoms with Gasteiger partial charge in [-0.15, -0.1) is 0 Å². The molecule has 2 aromatic rings. The van der Waals surface area contributed by atoms with E-state index in [4.69, 9.17) is 5.73 Å². The summed E-state index contributed by atoms with van der Waals surface area (Å²) in [7, 11) is 1.95. The van der Waals surface area contributed by atoms with E-state index in [2.05, 4.69) is 10.9 Å². The standard InChI is InChI=1S/C13H16N4O2/c1-17-6-8(7-4-2-3-5-9(7)17)11-10(13(18)19)12(14)16-15-11/h2-6,10-12,15-16H,14H2,1H3,(H,18,19). The SMILES string of the molecule is Cn1cc(C2NNC(N)C2C(=O)O)c2ccccc21. The number of aromatic nitrogens is 1. The maximum atomic E-state index is 11.4. The molecule has 6 nitrogen and oxygen atoms in total. The lowest BCUT2D eigenvalue weighted by Gasteiger charge is -2.15. The summed E-state index contributed by atoms with van der Waals surface area (Å²) >= 11 is 0. The van der Waals surface area contributed by atoms with Gasteiger partial charge < -0.3 is 15.4 Å². The molecule has 1 aromatic heterocycles. The molecule has 0 radical (unpaired) electrons. The first-order valence-electron chi connectivity index (χ1n) is 6.13. The van der Waals surface area contributed by atoms with Gasteiger partial charge in [0.25, 0.3) is 0 Å². The second-order valence-electron chi connectivity index (χ2n) is 4.87. The Labute approximate surface area is 110 Å². The molecule has 3 atom stereocenters. The third-order valence-electron chi connectivity index (χ3n) is 3.70. The maximum absolute atomic E-state index is 11.4. The summed E-state index contributed by atoms with van der Waals surface area (Å²) < 4.78 is 2.00. The fourth-order valence-electron chi connectivity index (χ4n) is 2.76. The molecule has 1 saturated heterocycles. The van der Waals surface area contributed by atoms with Gasteiger partial charge in [-0.3, -0.25) is 4.79 Å². The number of para-hydroxylation sites is 1. The number of nitrogens with one attached hydrogen (secondary N) is 2. The van der Waals surface area contributed by atoms with E-state index in [0.29, 0.717) is 0 Å². The number of fused-ring (bicyclic) bond motifs is 1. The van der Waals surface area contributed by atoms with Gasteiger partial charge in [0.05, 0.1) is 12.2 Å². The Hall–Kier alpha value is -1.89. The van der Waals surface area contributed by atoms with E-state index >= 15 is 0 Å². The highest BCUT2D eigenvalue weighted by atomic mass is 16.4. The number of hydrazine groups is 1. The van der Waals surface area contributed by atoms with Gasteiger partial charge in [-0.05, 0) is 11.6 Å². The minimum atomic E-state index is -0.900. The van der Waals surface area contributed by atoms with Crippen LogP contribution in [0.4, 0.5) is 0 Å². The van der Waals surface area contributed by atoms with E-state index in [9.17, 15) is 9.90 Å². The molecular weight excluding hydrogens is 244 g/mol. The van der Waals surface area contributed by atoms with Crippen LogP contribution in [0.25, 0.3) is 10.9 Å². The summed E-state index contributed by atoms with van der Waals surface area (Å²) in [4.78, 5) is 11.4. The van der Waals surface area contributed by atoms with Crippen molar-refractivity contribution in [2.24, 2.45) is 18.7 Å². The van der Waals surface area contributed by atoms with E-state index in [1.54, 1.807) is 0 Å². The predicted molar refractivity (Wildman–Crippen MR) is 71.0 cm³/mol. The molecular formula is C13H16N4O2. The smallest absolute Gasteiger partial charge is 0.311 e. The number of aryl methyl sites for hydroxylation is 1. The summed E-state index contributed by atoms with van der Waals surface area (Å²) in [5.41, 5.74) is 13.6. The summed E-state index contributed by atoms with van der Waals surface area (Å²) in [5, 5.41) is 10.4. The van der Waals surface area contributed by atoms with E-state index in [-0.39, 0.29) is 6.04 Å². The molecule has 0 spiro atoms. The average Bonchev–Trinajstić information content (AvgIpc) is 2.91. The molecule has 3 rings (SSSR count). The van der Waals surface area contributed by atoms with Crippen molar-refractivity contribution in [1.82, 2.24) is 15.4 Å². The van der Waals surface area contributed by atoms with Gasteiger partial charge in [0.1, 0.15) is 5.92 Å². The third-order valence-corrected chi connectivity index (χ3v) is 3.70. The minimum absolute atomic E-state index is 0.335. The molecule has 19 heavy (non-hydrogen) atoms. The second kappa shape index (κ2) is 4.34. The van der Waals surface area contributed by atoms with Crippen LogP contribution in [-0.4, -0.2) is 21.8 Å². The monoisotopic (exact) mass is 260 g/mol. The highest BCUT2D eigenvalue weighted by molar-refractivity contribution is 5.85. The molecule has 1 aromatic carbocycles. The van der Waals surface area contributed by atoms with Crippen LogP contribution in [0.2, 0.25) is 0 Å². The van der Waals surface area contributed by atoms with Gasteiger partial charge in [0.2, 0.25) is 0 Å². The minimum Gasteiger partial charge on any atom is -0.481 e. The van der Waals surface area contributed by atoms with E-state index in [1.165, 1.54) is 0 Å². The lowest BCUT2D eigenvalue weighted by atomic mass is 9.93. The molecule has 1 aliphatic rings. The Balaban J connectivity index is 2.12. The Morgan fingerprint density at radius 1 is 1.37 bits per heavy atom. The highest BCUT2D eigenvalue weighted by Crippen LogP contribution is 2.33. The van der Waals surface area contributed by atoms with Crippen molar-refractivity contribution >= 4 is 16.9 Å². The van der Waals surface area contributed by atoms with E-state index in [1.807, 2.05) is 42.1 Å².